The minimum absolute atomic E-state index is 0.106. The number of carbonyl (C=O) groups excluding carboxylic acids is 1. The summed E-state index contributed by atoms with van der Waals surface area (Å²) in [6.07, 6.45) is 1.75. The van der Waals surface area contributed by atoms with Crippen molar-refractivity contribution in [2.75, 3.05) is 6.54 Å². The molecule has 0 fully saturated rings. The zero-order chi connectivity index (χ0) is 11.1. The third-order valence-electron chi connectivity index (χ3n) is 2.79. The number of nitrogens with one attached hydrogen (secondary N) is 2. The van der Waals surface area contributed by atoms with Crippen molar-refractivity contribution in [1.29, 1.82) is 0 Å². The van der Waals surface area contributed by atoms with E-state index in [0.29, 0.717) is 5.57 Å². The molecule has 1 aromatic carbocycles. The molecule has 1 aromatic heterocycles. The first kappa shape index (κ1) is 9.03. The second kappa shape index (κ2) is 3.13. The number of benzene rings is 1. The second-order valence-electron chi connectivity index (χ2n) is 3.75. The van der Waals surface area contributed by atoms with E-state index in [4.69, 9.17) is 0 Å². The first-order valence-corrected chi connectivity index (χ1v) is 5.04. The molecule has 0 saturated carbocycles. The third kappa shape index (κ3) is 1.13. The van der Waals surface area contributed by atoms with Crippen molar-refractivity contribution in [3.8, 4) is 0 Å². The molecule has 16 heavy (non-hydrogen) atoms. The monoisotopic (exact) mass is 214 g/mol. The van der Waals surface area contributed by atoms with Gasteiger partial charge in [-0.1, -0.05) is 18.2 Å². The molecule has 3 N–H and O–H groups in total. The first-order chi connectivity index (χ1) is 7.77. The zero-order valence-corrected chi connectivity index (χ0v) is 8.45. The van der Waals surface area contributed by atoms with Gasteiger partial charge in [-0.3, -0.25) is 4.79 Å². The molecule has 0 bridgehead atoms. The summed E-state index contributed by atoms with van der Waals surface area (Å²) < 4.78 is 0. The lowest BCUT2D eigenvalue weighted by Gasteiger charge is -1.98. The van der Waals surface area contributed by atoms with Crippen molar-refractivity contribution < 1.29 is 9.90 Å². The van der Waals surface area contributed by atoms with Crippen LogP contribution in [0.15, 0.2) is 36.2 Å². The number of aliphatic hydroxyl groups is 1. The van der Waals surface area contributed by atoms with E-state index in [9.17, 15) is 9.90 Å². The molecule has 0 spiro atoms. The topological polar surface area (TPSA) is 65.1 Å². The van der Waals surface area contributed by atoms with Gasteiger partial charge >= 0.3 is 0 Å². The lowest BCUT2D eigenvalue weighted by molar-refractivity contribution is -0.114. The number of aliphatic hydroxyl groups excluding tert-OH is 1. The van der Waals surface area contributed by atoms with Crippen LogP contribution in [0.3, 0.4) is 0 Å². The van der Waals surface area contributed by atoms with Crippen molar-refractivity contribution in [1.82, 2.24) is 10.3 Å². The molecule has 80 valence electrons. The van der Waals surface area contributed by atoms with Crippen LogP contribution in [0.5, 0.6) is 0 Å². The molecule has 2 heterocycles. The molecule has 1 aliphatic rings. The lowest BCUT2D eigenvalue weighted by Crippen LogP contribution is -2.16. The van der Waals surface area contributed by atoms with Crippen LogP contribution in [-0.4, -0.2) is 22.5 Å². The minimum Gasteiger partial charge on any atom is -0.510 e. The van der Waals surface area contributed by atoms with E-state index < -0.39 is 0 Å². The molecule has 4 nitrogen and oxygen atoms in total. The standard InChI is InChI=1S/C12H10N2O2/c15-10-6-14-12(16)11(10)8-5-13-9-4-2-1-3-7(8)9/h1-5,13,15H,6H2,(H,14,16). The van der Waals surface area contributed by atoms with E-state index >= 15 is 0 Å². The average molecular weight is 214 g/mol. The number of hydrogen-bond acceptors (Lipinski definition) is 2. The van der Waals surface area contributed by atoms with Crippen LogP contribution in [0.25, 0.3) is 16.5 Å². The Hall–Kier alpha value is -2.23. The van der Waals surface area contributed by atoms with Gasteiger partial charge in [0.1, 0.15) is 5.76 Å². The van der Waals surface area contributed by atoms with E-state index in [1.807, 2.05) is 24.3 Å². The van der Waals surface area contributed by atoms with Gasteiger partial charge in [-0.15, -0.1) is 0 Å². The van der Waals surface area contributed by atoms with Gasteiger partial charge in [0.05, 0.1) is 12.1 Å². The highest BCUT2D eigenvalue weighted by molar-refractivity contribution is 6.25. The van der Waals surface area contributed by atoms with Crippen molar-refractivity contribution in [3.63, 3.8) is 0 Å². The molecule has 4 heteroatoms. The summed E-state index contributed by atoms with van der Waals surface area (Å²) in [5.41, 5.74) is 2.08. The largest absolute Gasteiger partial charge is 0.510 e. The number of carbonyl (C=O) groups is 1. The molecule has 3 rings (SSSR count). The van der Waals surface area contributed by atoms with E-state index in [1.54, 1.807) is 6.20 Å². The van der Waals surface area contributed by atoms with Crippen LogP contribution in [0, 0.1) is 0 Å². The highest BCUT2D eigenvalue weighted by Gasteiger charge is 2.25. The molecule has 0 radical (unpaired) electrons. The van der Waals surface area contributed by atoms with Gasteiger partial charge < -0.3 is 15.4 Å². The molecule has 0 saturated heterocycles. The number of H-pyrrole nitrogens is 1. The van der Waals surface area contributed by atoms with Crippen LogP contribution in [0.1, 0.15) is 5.56 Å². The Morgan fingerprint density at radius 1 is 1.25 bits per heavy atom. The highest BCUT2D eigenvalue weighted by Crippen LogP contribution is 2.28. The summed E-state index contributed by atoms with van der Waals surface area (Å²) in [6, 6.07) is 7.69. The van der Waals surface area contributed by atoms with Gasteiger partial charge in [-0.25, -0.2) is 0 Å². The van der Waals surface area contributed by atoms with Gasteiger partial charge in [0, 0.05) is 22.7 Å². The Kier molecular flexibility index (Phi) is 1.77. The molecule has 0 aliphatic carbocycles. The predicted octanol–water partition coefficient (Wildman–Crippen LogP) is 1.57. The predicted molar refractivity (Wildman–Crippen MR) is 60.9 cm³/mol. The maximum Gasteiger partial charge on any atom is 0.255 e. The third-order valence-corrected chi connectivity index (χ3v) is 2.79. The van der Waals surface area contributed by atoms with E-state index in [-0.39, 0.29) is 18.2 Å². The Labute approximate surface area is 91.6 Å². The Morgan fingerprint density at radius 2 is 2.06 bits per heavy atom. The van der Waals surface area contributed by atoms with Crippen LogP contribution in [0.4, 0.5) is 0 Å². The van der Waals surface area contributed by atoms with Crippen LogP contribution < -0.4 is 5.32 Å². The number of rotatable bonds is 1. The van der Waals surface area contributed by atoms with Crippen molar-refractivity contribution in [2.24, 2.45) is 0 Å². The second-order valence-corrected chi connectivity index (χ2v) is 3.75. The van der Waals surface area contributed by atoms with Gasteiger partial charge in [-0.2, -0.15) is 0 Å². The number of hydrogen-bond donors (Lipinski definition) is 3. The average Bonchev–Trinajstić information content (AvgIpc) is 2.83. The normalized spacial score (nSPS) is 15.9. The van der Waals surface area contributed by atoms with Gasteiger partial charge in [0.15, 0.2) is 0 Å². The Balaban J connectivity index is 2.27. The molecule has 0 atom stereocenters. The van der Waals surface area contributed by atoms with Crippen LogP contribution in [-0.2, 0) is 4.79 Å². The maximum atomic E-state index is 11.6. The molecule has 1 aliphatic heterocycles. The molecular formula is C12H10N2O2. The smallest absolute Gasteiger partial charge is 0.255 e. The van der Waals surface area contributed by atoms with Crippen molar-refractivity contribution in [2.45, 2.75) is 0 Å². The SMILES string of the molecule is O=C1NCC(O)=C1c1c[nH]c2ccccc12. The number of amides is 1. The number of fused-ring (bicyclic) bond motifs is 1. The summed E-state index contributed by atoms with van der Waals surface area (Å²) in [4.78, 5) is 14.7. The lowest BCUT2D eigenvalue weighted by atomic mass is 10.0. The van der Waals surface area contributed by atoms with Gasteiger partial charge in [-0.05, 0) is 6.07 Å². The van der Waals surface area contributed by atoms with Crippen LogP contribution in [0.2, 0.25) is 0 Å². The maximum absolute atomic E-state index is 11.6. The Bertz CT molecular complexity index is 610. The molecule has 0 unspecified atom stereocenters. The summed E-state index contributed by atoms with van der Waals surface area (Å²) in [6.45, 7) is 0.216. The summed E-state index contributed by atoms with van der Waals surface area (Å²) in [5, 5.41) is 13.2. The molecular weight excluding hydrogens is 204 g/mol. The number of aromatic amines is 1. The Morgan fingerprint density at radius 3 is 2.81 bits per heavy atom. The molecule has 2 aromatic rings. The number of para-hydroxylation sites is 1. The summed E-state index contributed by atoms with van der Waals surface area (Å²) in [5.74, 6) is -0.114. The number of aromatic nitrogens is 1. The van der Waals surface area contributed by atoms with E-state index in [0.717, 1.165) is 16.5 Å². The van der Waals surface area contributed by atoms with E-state index in [1.165, 1.54) is 0 Å². The first-order valence-electron chi connectivity index (χ1n) is 5.04. The van der Waals surface area contributed by atoms with E-state index in [2.05, 4.69) is 10.3 Å². The minimum atomic E-state index is -0.220. The van der Waals surface area contributed by atoms with Gasteiger partial charge in [0.2, 0.25) is 0 Å². The molecule has 1 amide bonds. The zero-order valence-electron chi connectivity index (χ0n) is 8.45. The fourth-order valence-corrected chi connectivity index (χ4v) is 2.03. The quantitative estimate of drug-likeness (QED) is 0.674. The van der Waals surface area contributed by atoms with Crippen molar-refractivity contribution >= 4 is 22.4 Å². The van der Waals surface area contributed by atoms with Gasteiger partial charge in [0.25, 0.3) is 5.91 Å². The van der Waals surface area contributed by atoms with Crippen LogP contribution >= 0.6 is 0 Å². The fourth-order valence-electron chi connectivity index (χ4n) is 2.03. The summed E-state index contributed by atoms with van der Waals surface area (Å²) >= 11 is 0. The summed E-state index contributed by atoms with van der Waals surface area (Å²) in [7, 11) is 0. The fraction of sp³-hybridized carbons (Fsp3) is 0.0833. The highest BCUT2D eigenvalue weighted by atomic mass is 16.3. The van der Waals surface area contributed by atoms with Crippen molar-refractivity contribution in [3.05, 3.63) is 41.8 Å².